The van der Waals surface area contributed by atoms with Crippen molar-refractivity contribution in [3.63, 3.8) is 0 Å². The zero-order valence-electron chi connectivity index (χ0n) is 14.0. The number of hydrogen-bond donors (Lipinski definition) is 2. The second kappa shape index (κ2) is 6.15. The summed E-state index contributed by atoms with van der Waals surface area (Å²) in [4.78, 5) is 39.4. The van der Waals surface area contributed by atoms with Gasteiger partial charge in [0.05, 0.1) is 11.5 Å². The SMILES string of the molecule is C[C@H]1C(=O)Nc2ccc(C(=O)COC(=O)c3c[nH]c4ccccc34)cc21. The minimum Gasteiger partial charge on any atom is -0.454 e. The van der Waals surface area contributed by atoms with Gasteiger partial charge in [-0.2, -0.15) is 0 Å². The fraction of sp³-hybridized carbons (Fsp3) is 0.150. The van der Waals surface area contributed by atoms with Crippen molar-refractivity contribution in [1.29, 1.82) is 0 Å². The quantitative estimate of drug-likeness (QED) is 0.559. The van der Waals surface area contributed by atoms with E-state index in [0.29, 0.717) is 11.1 Å². The van der Waals surface area contributed by atoms with Crippen LogP contribution in [0.2, 0.25) is 0 Å². The molecule has 0 radical (unpaired) electrons. The second-order valence-corrected chi connectivity index (χ2v) is 6.26. The Kier molecular flexibility index (Phi) is 3.80. The third-order valence-electron chi connectivity index (χ3n) is 4.63. The molecule has 4 rings (SSSR count). The Morgan fingerprint density at radius 1 is 1.15 bits per heavy atom. The average molecular weight is 348 g/mol. The van der Waals surface area contributed by atoms with Gasteiger partial charge in [-0.1, -0.05) is 18.2 Å². The van der Waals surface area contributed by atoms with E-state index in [1.165, 1.54) is 0 Å². The van der Waals surface area contributed by atoms with Gasteiger partial charge in [-0.15, -0.1) is 0 Å². The van der Waals surface area contributed by atoms with Crippen LogP contribution in [-0.2, 0) is 9.53 Å². The van der Waals surface area contributed by atoms with Crippen LogP contribution in [-0.4, -0.2) is 29.3 Å². The Labute approximate surface area is 149 Å². The molecular weight excluding hydrogens is 332 g/mol. The third kappa shape index (κ3) is 2.65. The number of aromatic amines is 1. The predicted octanol–water partition coefficient (Wildman–Crippen LogP) is 3.26. The Bertz CT molecular complexity index is 1050. The number of rotatable bonds is 4. The summed E-state index contributed by atoms with van der Waals surface area (Å²) in [6, 6.07) is 12.4. The average Bonchev–Trinajstić information content (AvgIpc) is 3.21. The number of esters is 1. The van der Waals surface area contributed by atoms with Crippen molar-refractivity contribution in [2.75, 3.05) is 11.9 Å². The normalized spacial score (nSPS) is 15.6. The van der Waals surface area contributed by atoms with E-state index in [2.05, 4.69) is 10.3 Å². The van der Waals surface area contributed by atoms with E-state index in [1.807, 2.05) is 24.3 Å². The summed E-state index contributed by atoms with van der Waals surface area (Å²) in [6.45, 7) is 1.43. The van der Waals surface area contributed by atoms with Gasteiger partial charge in [0.1, 0.15) is 0 Å². The van der Waals surface area contributed by atoms with Gasteiger partial charge < -0.3 is 15.0 Å². The molecule has 6 nitrogen and oxygen atoms in total. The molecule has 2 heterocycles. The molecule has 0 spiro atoms. The lowest BCUT2D eigenvalue weighted by atomic mass is 9.99. The van der Waals surface area contributed by atoms with Crippen molar-refractivity contribution in [3.8, 4) is 0 Å². The van der Waals surface area contributed by atoms with E-state index in [0.717, 1.165) is 22.2 Å². The topological polar surface area (TPSA) is 88.3 Å². The molecule has 0 saturated carbocycles. The number of benzene rings is 2. The lowest BCUT2D eigenvalue weighted by molar-refractivity contribution is -0.116. The van der Waals surface area contributed by atoms with Gasteiger partial charge in [0.25, 0.3) is 0 Å². The smallest absolute Gasteiger partial charge is 0.340 e. The Hall–Kier alpha value is -3.41. The molecule has 1 amide bonds. The Morgan fingerprint density at radius 2 is 1.96 bits per heavy atom. The zero-order chi connectivity index (χ0) is 18.3. The van der Waals surface area contributed by atoms with Gasteiger partial charge in [0.2, 0.25) is 5.91 Å². The third-order valence-corrected chi connectivity index (χ3v) is 4.63. The van der Waals surface area contributed by atoms with Gasteiger partial charge >= 0.3 is 5.97 Å². The fourth-order valence-corrected chi connectivity index (χ4v) is 3.12. The van der Waals surface area contributed by atoms with E-state index in [4.69, 9.17) is 4.74 Å². The standard InChI is InChI=1S/C20H16N2O4/c1-11-14-8-12(6-7-17(14)22-19(11)24)18(23)10-26-20(25)15-9-21-16-5-3-2-4-13(15)16/h2-9,11,21H,10H2,1H3,(H,22,24)/t11-/m1/s1. The minimum absolute atomic E-state index is 0.0876. The lowest BCUT2D eigenvalue weighted by Crippen LogP contribution is -2.14. The van der Waals surface area contributed by atoms with Crippen molar-refractivity contribution in [2.45, 2.75) is 12.8 Å². The van der Waals surface area contributed by atoms with Crippen molar-refractivity contribution < 1.29 is 19.1 Å². The van der Waals surface area contributed by atoms with E-state index in [1.54, 1.807) is 31.3 Å². The van der Waals surface area contributed by atoms with Crippen LogP contribution in [0.15, 0.2) is 48.7 Å². The molecule has 26 heavy (non-hydrogen) atoms. The molecule has 2 N–H and O–H groups in total. The monoisotopic (exact) mass is 348 g/mol. The predicted molar refractivity (Wildman–Crippen MR) is 96.4 cm³/mol. The number of fused-ring (bicyclic) bond motifs is 2. The Morgan fingerprint density at radius 3 is 2.81 bits per heavy atom. The highest BCUT2D eigenvalue weighted by atomic mass is 16.5. The van der Waals surface area contributed by atoms with Crippen molar-refractivity contribution in [3.05, 3.63) is 65.4 Å². The van der Waals surface area contributed by atoms with Gasteiger partial charge in [0, 0.05) is 28.4 Å². The first-order valence-corrected chi connectivity index (χ1v) is 8.26. The number of aromatic nitrogens is 1. The van der Waals surface area contributed by atoms with E-state index in [9.17, 15) is 14.4 Å². The summed E-state index contributed by atoms with van der Waals surface area (Å²) in [7, 11) is 0. The van der Waals surface area contributed by atoms with Crippen LogP contribution in [0, 0.1) is 0 Å². The first-order valence-electron chi connectivity index (χ1n) is 8.26. The summed E-state index contributed by atoms with van der Waals surface area (Å²) >= 11 is 0. The summed E-state index contributed by atoms with van der Waals surface area (Å²) in [5.74, 6) is -1.25. The largest absolute Gasteiger partial charge is 0.454 e. The number of nitrogens with one attached hydrogen (secondary N) is 2. The lowest BCUT2D eigenvalue weighted by Gasteiger charge is -2.06. The fourth-order valence-electron chi connectivity index (χ4n) is 3.12. The van der Waals surface area contributed by atoms with E-state index >= 15 is 0 Å². The number of Topliss-reactive ketones (excluding diaryl/α,β-unsaturated/α-hetero) is 1. The number of para-hydroxylation sites is 1. The molecule has 1 aromatic heterocycles. The first kappa shape index (κ1) is 16.1. The molecule has 130 valence electrons. The summed E-state index contributed by atoms with van der Waals surface area (Å²) in [6.07, 6.45) is 1.58. The molecule has 2 aromatic carbocycles. The molecule has 1 atom stereocenters. The van der Waals surface area contributed by atoms with Crippen LogP contribution in [0.1, 0.15) is 39.1 Å². The molecule has 0 fully saturated rings. The van der Waals surface area contributed by atoms with Crippen LogP contribution in [0.3, 0.4) is 0 Å². The number of carbonyl (C=O) groups is 3. The molecule has 0 unspecified atom stereocenters. The molecule has 0 aliphatic carbocycles. The van der Waals surface area contributed by atoms with Gasteiger partial charge in [-0.25, -0.2) is 4.79 Å². The first-order chi connectivity index (χ1) is 12.5. The maximum atomic E-state index is 12.4. The van der Waals surface area contributed by atoms with Crippen LogP contribution < -0.4 is 5.32 Å². The second-order valence-electron chi connectivity index (χ2n) is 6.26. The molecule has 1 aliphatic rings. The number of amides is 1. The molecule has 0 saturated heterocycles. The van der Waals surface area contributed by atoms with E-state index in [-0.39, 0.29) is 24.2 Å². The summed E-state index contributed by atoms with van der Waals surface area (Å²) < 4.78 is 5.19. The van der Waals surface area contributed by atoms with E-state index < -0.39 is 5.97 Å². The highest BCUT2D eigenvalue weighted by Gasteiger charge is 2.27. The number of ether oxygens (including phenoxy) is 1. The van der Waals surface area contributed by atoms with Crippen LogP contribution in [0.5, 0.6) is 0 Å². The number of anilines is 1. The van der Waals surface area contributed by atoms with Crippen LogP contribution in [0.25, 0.3) is 10.9 Å². The zero-order valence-corrected chi connectivity index (χ0v) is 14.0. The van der Waals surface area contributed by atoms with Gasteiger partial charge in [0.15, 0.2) is 12.4 Å². The maximum absolute atomic E-state index is 12.4. The molecule has 3 aromatic rings. The van der Waals surface area contributed by atoms with Crippen molar-refractivity contribution >= 4 is 34.3 Å². The molecular formula is C20H16N2O4. The maximum Gasteiger partial charge on any atom is 0.340 e. The highest BCUT2D eigenvalue weighted by Crippen LogP contribution is 2.32. The minimum atomic E-state index is -0.554. The number of hydrogen-bond acceptors (Lipinski definition) is 4. The van der Waals surface area contributed by atoms with Gasteiger partial charge in [-0.05, 0) is 36.8 Å². The van der Waals surface area contributed by atoms with Gasteiger partial charge in [-0.3, -0.25) is 9.59 Å². The van der Waals surface area contributed by atoms with Crippen molar-refractivity contribution in [2.24, 2.45) is 0 Å². The summed E-state index contributed by atoms with van der Waals surface area (Å²) in [5.41, 5.74) is 3.14. The van der Waals surface area contributed by atoms with Crippen LogP contribution >= 0.6 is 0 Å². The summed E-state index contributed by atoms with van der Waals surface area (Å²) in [5, 5.41) is 3.51. The molecule has 0 bridgehead atoms. The highest BCUT2D eigenvalue weighted by molar-refractivity contribution is 6.07. The number of carbonyl (C=O) groups excluding carboxylic acids is 3. The van der Waals surface area contributed by atoms with Crippen molar-refractivity contribution in [1.82, 2.24) is 4.98 Å². The number of H-pyrrole nitrogens is 1. The molecule has 6 heteroatoms. The Balaban J connectivity index is 1.48. The molecule has 1 aliphatic heterocycles. The van der Waals surface area contributed by atoms with Crippen LogP contribution in [0.4, 0.5) is 5.69 Å². The number of ketones is 1.